The van der Waals surface area contributed by atoms with Crippen molar-refractivity contribution in [3.8, 4) is 5.75 Å². The van der Waals surface area contributed by atoms with Crippen LogP contribution in [0.4, 0.5) is 0 Å². The summed E-state index contributed by atoms with van der Waals surface area (Å²) in [7, 11) is 0. The third-order valence-corrected chi connectivity index (χ3v) is 2.64. The molecule has 112 valence electrons. The van der Waals surface area contributed by atoms with Crippen LogP contribution in [0.2, 0.25) is 0 Å². The number of Topliss-reactive ketones (excluding diaryl/α,β-unsaturated/α-hetero) is 1. The summed E-state index contributed by atoms with van der Waals surface area (Å²) in [5.74, 6) is -0.996. The van der Waals surface area contributed by atoms with Crippen LogP contribution in [0, 0.1) is 0 Å². The monoisotopic (exact) mass is 290 g/mol. The Morgan fingerprint density at radius 2 is 1.86 bits per heavy atom. The second-order valence-corrected chi connectivity index (χ2v) is 4.20. The number of ether oxygens (including phenoxy) is 2. The first-order chi connectivity index (χ1) is 10.1. The summed E-state index contributed by atoms with van der Waals surface area (Å²) in [6.07, 6.45) is 2.27. The van der Waals surface area contributed by atoms with Crippen LogP contribution in [0.1, 0.15) is 30.1 Å². The summed E-state index contributed by atoms with van der Waals surface area (Å²) >= 11 is 0. The van der Waals surface area contributed by atoms with Gasteiger partial charge in [-0.3, -0.25) is 9.59 Å². The van der Waals surface area contributed by atoms with Crippen LogP contribution in [0.3, 0.4) is 0 Å². The van der Waals surface area contributed by atoms with E-state index in [-0.39, 0.29) is 18.0 Å². The van der Waals surface area contributed by atoms with Gasteiger partial charge in [0.15, 0.2) is 5.78 Å². The topological polar surface area (TPSA) is 69.7 Å². The van der Waals surface area contributed by atoms with Crippen LogP contribution in [0.25, 0.3) is 0 Å². The maximum absolute atomic E-state index is 11.7. The van der Waals surface area contributed by atoms with Crippen LogP contribution < -0.4 is 4.74 Å². The molecule has 1 aromatic rings. The maximum Gasteiger partial charge on any atom is 0.379 e. The number of carbonyl (C=O) groups is 3. The fourth-order valence-corrected chi connectivity index (χ4v) is 1.56. The predicted octanol–water partition coefficient (Wildman–Crippen LogP) is 2.35. The van der Waals surface area contributed by atoms with E-state index in [2.05, 4.69) is 11.3 Å². The van der Waals surface area contributed by atoms with Crippen molar-refractivity contribution in [2.75, 3.05) is 13.2 Å². The average Bonchev–Trinajstić information content (AvgIpc) is 2.51. The Hall–Kier alpha value is -2.43. The first-order valence-corrected chi connectivity index (χ1v) is 6.68. The van der Waals surface area contributed by atoms with E-state index in [1.807, 2.05) is 0 Å². The van der Waals surface area contributed by atoms with Crippen molar-refractivity contribution >= 4 is 17.5 Å². The molecule has 0 atom stereocenters. The third kappa shape index (κ3) is 5.60. The molecule has 0 spiro atoms. The van der Waals surface area contributed by atoms with Gasteiger partial charge in [0.05, 0.1) is 13.2 Å². The standard InChI is InChI=1S/C16H18O5/c1-3-13(17)6-5-11-21-14-9-7-12(8-10-14)15(18)16(19)20-4-2/h3,7-10H,1,4-6,11H2,2H3. The zero-order valence-corrected chi connectivity index (χ0v) is 12.0. The minimum Gasteiger partial charge on any atom is -0.494 e. The predicted molar refractivity (Wildman–Crippen MR) is 77.3 cm³/mol. The zero-order valence-electron chi connectivity index (χ0n) is 12.0. The molecule has 0 radical (unpaired) electrons. The highest BCUT2D eigenvalue weighted by Crippen LogP contribution is 2.13. The van der Waals surface area contributed by atoms with Crippen molar-refractivity contribution in [3.63, 3.8) is 0 Å². The Labute approximate surface area is 123 Å². The number of esters is 1. The summed E-state index contributed by atoms with van der Waals surface area (Å²) < 4.78 is 10.1. The second-order valence-electron chi connectivity index (χ2n) is 4.20. The van der Waals surface area contributed by atoms with Gasteiger partial charge in [-0.25, -0.2) is 4.79 Å². The molecule has 5 nitrogen and oxygen atoms in total. The van der Waals surface area contributed by atoms with E-state index >= 15 is 0 Å². The molecule has 0 aliphatic carbocycles. The van der Waals surface area contributed by atoms with Gasteiger partial charge in [-0.15, -0.1) is 0 Å². The van der Waals surface area contributed by atoms with Gasteiger partial charge >= 0.3 is 5.97 Å². The molecule has 0 saturated heterocycles. The number of ketones is 2. The lowest BCUT2D eigenvalue weighted by Crippen LogP contribution is -2.17. The molecule has 0 aliphatic rings. The Bertz CT molecular complexity index is 516. The molecule has 1 aromatic carbocycles. The smallest absolute Gasteiger partial charge is 0.379 e. The van der Waals surface area contributed by atoms with E-state index in [4.69, 9.17) is 4.74 Å². The highest BCUT2D eigenvalue weighted by molar-refractivity contribution is 6.40. The molecule has 0 fully saturated rings. The normalized spacial score (nSPS) is 9.76. The highest BCUT2D eigenvalue weighted by atomic mass is 16.5. The van der Waals surface area contributed by atoms with Gasteiger partial charge < -0.3 is 9.47 Å². The van der Waals surface area contributed by atoms with Gasteiger partial charge in [0.2, 0.25) is 0 Å². The summed E-state index contributed by atoms with van der Waals surface area (Å²) in [5.41, 5.74) is 0.252. The number of benzene rings is 1. The molecule has 0 aliphatic heterocycles. The zero-order chi connectivity index (χ0) is 15.7. The SMILES string of the molecule is C=CC(=O)CCCOc1ccc(C(=O)C(=O)OCC)cc1. The van der Waals surface area contributed by atoms with E-state index in [0.29, 0.717) is 25.2 Å². The minimum absolute atomic E-state index is 0.0195. The van der Waals surface area contributed by atoms with E-state index in [0.717, 1.165) is 0 Å². The summed E-state index contributed by atoms with van der Waals surface area (Å²) in [6.45, 7) is 5.58. The summed E-state index contributed by atoms with van der Waals surface area (Å²) in [5, 5.41) is 0. The molecule has 21 heavy (non-hydrogen) atoms. The van der Waals surface area contributed by atoms with E-state index in [1.54, 1.807) is 19.1 Å². The van der Waals surface area contributed by atoms with E-state index in [9.17, 15) is 14.4 Å². The maximum atomic E-state index is 11.7. The van der Waals surface area contributed by atoms with Crippen LogP contribution >= 0.6 is 0 Å². The van der Waals surface area contributed by atoms with Crippen molar-refractivity contribution in [2.24, 2.45) is 0 Å². The van der Waals surface area contributed by atoms with Gasteiger partial charge in [0.25, 0.3) is 5.78 Å². The number of allylic oxidation sites excluding steroid dienone is 1. The summed E-state index contributed by atoms with van der Waals surface area (Å²) in [6, 6.07) is 6.20. The summed E-state index contributed by atoms with van der Waals surface area (Å²) in [4.78, 5) is 33.9. The largest absolute Gasteiger partial charge is 0.494 e. The first-order valence-electron chi connectivity index (χ1n) is 6.68. The molecule has 0 N–H and O–H groups in total. The fourth-order valence-electron chi connectivity index (χ4n) is 1.56. The lowest BCUT2D eigenvalue weighted by atomic mass is 10.1. The van der Waals surface area contributed by atoms with Gasteiger partial charge in [0, 0.05) is 12.0 Å². The van der Waals surface area contributed by atoms with E-state index < -0.39 is 11.8 Å². The molecular weight excluding hydrogens is 272 g/mol. The second kappa shape index (κ2) is 8.68. The number of hydrogen-bond donors (Lipinski definition) is 0. The van der Waals surface area contributed by atoms with Gasteiger partial charge in [-0.2, -0.15) is 0 Å². The fraction of sp³-hybridized carbons (Fsp3) is 0.312. The van der Waals surface area contributed by atoms with Crippen molar-refractivity contribution in [3.05, 3.63) is 42.5 Å². The highest BCUT2D eigenvalue weighted by Gasteiger charge is 2.16. The lowest BCUT2D eigenvalue weighted by Gasteiger charge is -2.06. The van der Waals surface area contributed by atoms with Crippen molar-refractivity contribution in [2.45, 2.75) is 19.8 Å². The van der Waals surface area contributed by atoms with Crippen LogP contribution in [0.5, 0.6) is 5.75 Å². The number of rotatable bonds is 9. The lowest BCUT2D eigenvalue weighted by molar-refractivity contribution is -0.137. The molecule has 1 rings (SSSR count). The minimum atomic E-state index is -0.867. The molecule has 0 unspecified atom stereocenters. The molecule has 0 amide bonds. The molecule has 0 saturated carbocycles. The van der Waals surface area contributed by atoms with Crippen molar-refractivity contribution in [1.82, 2.24) is 0 Å². The average molecular weight is 290 g/mol. The van der Waals surface area contributed by atoms with Gasteiger partial charge in [0.1, 0.15) is 5.75 Å². The Morgan fingerprint density at radius 1 is 1.19 bits per heavy atom. The molecule has 5 heteroatoms. The van der Waals surface area contributed by atoms with Gasteiger partial charge in [-0.05, 0) is 43.7 Å². The Balaban J connectivity index is 2.47. The molecule has 0 heterocycles. The Kier molecular flexibility index (Phi) is 6.87. The molecule has 0 bridgehead atoms. The number of carbonyl (C=O) groups excluding carboxylic acids is 3. The first kappa shape index (κ1) is 16.6. The van der Waals surface area contributed by atoms with Crippen molar-refractivity contribution < 1.29 is 23.9 Å². The number of hydrogen-bond acceptors (Lipinski definition) is 5. The van der Waals surface area contributed by atoms with Crippen LogP contribution in [-0.2, 0) is 14.3 Å². The van der Waals surface area contributed by atoms with Crippen LogP contribution in [-0.4, -0.2) is 30.7 Å². The van der Waals surface area contributed by atoms with Crippen LogP contribution in [0.15, 0.2) is 36.9 Å². The van der Waals surface area contributed by atoms with E-state index in [1.165, 1.54) is 18.2 Å². The quantitative estimate of drug-likeness (QED) is 0.229. The molecular formula is C16H18O5. The van der Waals surface area contributed by atoms with Crippen molar-refractivity contribution in [1.29, 1.82) is 0 Å². The van der Waals surface area contributed by atoms with Gasteiger partial charge in [-0.1, -0.05) is 6.58 Å². The Morgan fingerprint density at radius 3 is 2.43 bits per heavy atom. The third-order valence-electron chi connectivity index (χ3n) is 2.64. The molecule has 0 aromatic heterocycles.